The second-order valence-electron chi connectivity index (χ2n) is 8.16. The molecule has 0 saturated carbocycles. The average Bonchev–Trinajstić information content (AvgIpc) is 3.53. The summed E-state index contributed by atoms with van der Waals surface area (Å²) < 4.78 is 7.54. The Morgan fingerprint density at radius 3 is 2.34 bits per heavy atom. The zero-order chi connectivity index (χ0) is 26.5. The molecule has 0 unspecified atom stereocenters. The zero-order valence-corrected chi connectivity index (χ0v) is 21.5. The molecule has 5 aromatic rings. The summed E-state index contributed by atoms with van der Waals surface area (Å²) in [5.74, 6) is -1.37. The standard InChI is InChI=1S/C28H21ClN4O4S/c29-26-20-13-7-8-14-22(20)38-27(26)28(36)30-16-25(35)37-17-24(34)31-23-15-21(18-9-3-1-4-10-18)32-33(23)19-11-5-2-6-12-19/h1-15H,16-17H2,(H,30,36)(H,31,34). The first-order valence-corrected chi connectivity index (χ1v) is 12.8. The van der Waals surface area contributed by atoms with Crippen LogP contribution in [0.3, 0.4) is 0 Å². The van der Waals surface area contributed by atoms with Crippen molar-refractivity contribution in [3.63, 3.8) is 0 Å². The van der Waals surface area contributed by atoms with Gasteiger partial charge in [0, 0.05) is 21.7 Å². The topological polar surface area (TPSA) is 102 Å². The predicted molar refractivity (Wildman–Crippen MR) is 148 cm³/mol. The third kappa shape index (κ3) is 5.59. The molecule has 10 heteroatoms. The molecule has 0 aliphatic heterocycles. The lowest BCUT2D eigenvalue weighted by Gasteiger charge is -2.09. The molecule has 0 atom stereocenters. The highest BCUT2D eigenvalue weighted by Gasteiger charge is 2.19. The maximum atomic E-state index is 12.6. The van der Waals surface area contributed by atoms with Gasteiger partial charge in [0.1, 0.15) is 17.2 Å². The van der Waals surface area contributed by atoms with Gasteiger partial charge in [-0.3, -0.25) is 14.4 Å². The van der Waals surface area contributed by atoms with Crippen LogP contribution < -0.4 is 10.6 Å². The number of halogens is 1. The van der Waals surface area contributed by atoms with E-state index in [1.165, 1.54) is 11.3 Å². The van der Waals surface area contributed by atoms with Gasteiger partial charge < -0.3 is 15.4 Å². The van der Waals surface area contributed by atoms with Crippen LogP contribution in [-0.4, -0.2) is 40.7 Å². The van der Waals surface area contributed by atoms with Gasteiger partial charge in [-0.1, -0.05) is 78.3 Å². The fourth-order valence-electron chi connectivity index (χ4n) is 3.75. The molecule has 3 aromatic carbocycles. The van der Waals surface area contributed by atoms with Crippen LogP contribution in [0.5, 0.6) is 0 Å². The second-order valence-corrected chi connectivity index (χ2v) is 9.59. The summed E-state index contributed by atoms with van der Waals surface area (Å²) in [6.07, 6.45) is 0. The molecular formula is C28H21ClN4O4S. The first-order valence-electron chi connectivity index (χ1n) is 11.6. The fraction of sp³-hybridized carbons (Fsp3) is 0.0714. The maximum absolute atomic E-state index is 12.6. The summed E-state index contributed by atoms with van der Waals surface area (Å²) in [7, 11) is 0. The minimum atomic E-state index is -0.757. The molecule has 0 aliphatic rings. The van der Waals surface area contributed by atoms with Crippen LogP contribution >= 0.6 is 22.9 Å². The van der Waals surface area contributed by atoms with E-state index in [-0.39, 0.29) is 0 Å². The number of rotatable bonds is 8. The number of thiophene rings is 1. The van der Waals surface area contributed by atoms with Crippen molar-refractivity contribution >= 4 is 56.6 Å². The molecule has 2 N–H and O–H groups in total. The molecule has 2 aromatic heterocycles. The molecule has 0 bridgehead atoms. The number of carbonyl (C=O) groups excluding carboxylic acids is 3. The summed E-state index contributed by atoms with van der Waals surface area (Å²) in [6, 6.07) is 28.0. The van der Waals surface area contributed by atoms with E-state index in [2.05, 4.69) is 15.7 Å². The van der Waals surface area contributed by atoms with Gasteiger partial charge in [-0.05, 0) is 18.2 Å². The van der Waals surface area contributed by atoms with Gasteiger partial charge in [-0.15, -0.1) is 11.3 Å². The second kappa shape index (κ2) is 11.3. The van der Waals surface area contributed by atoms with Crippen molar-refractivity contribution in [2.45, 2.75) is 0 Å². The number of amides is 2. The molecule has 0 fully saturated rings. The SMILES string of the molecule is O=C(COC(=O)CNC(=O)c1sc2ccccc2c1Cl)Nc1cc(-c2ccccc2)nn1-c1ccccc1. The van der Waals surface area contributed by atoms with Crippen LogP contribution in [0.4, 0.5) is 5.82 Å². The number of aromatic nitrogens is 2. The highest BCUT2D eigenvalue weighted by atomic mass is 35.5. The van der Waals surface area contributed by atoms with E-state index in [1.807, 2.05) is 84.9 Å². The lowest BCUT2D eigenvalue weighted by molar-refractivity contribution is -0.146. The Morgan fingerprint density at radius 1 is 0.921 bits per heavy atom. The van der Waals surface area contributed by atoms with Gasteiger partial charge in [0.2, 0.25) is 0 Å². The Kier molecular flexibility index (Phi) is 7.48. The van der Waals surface area contributed by atoms with Crippen LogP contribution in [0.1, 0.15) is 9.67 Å². The number of para-hydroxylation sites is 1. The molecule has 190 valence electrons. The number of fused-ring (bicyclic) bond motifs is 1. The van der Waals surface area contributed by atoms with Crippen molar-refractivity contribution in [1.82, 2.24) is 15.1 Å². The van der Waals surface area contributed by atoms with Gasteiger partial charge in [0.15, 0.2) is 6.61 Å². The molecule has 8 nitrogen and oxygen atoms in total. The molecule has 38 heavy (non-hydrogen) atoms. The molecule has 0 saturated heterocycles. The van der Waals surface area contributed by atoms with Gasteiger partial charge >= 0.3 is 5.97 Å². The lowest BCUT2D eigenvalue weighted by atomic mass is 10.2. The molecule has 0 aliphatic carbocycles. The first-order chi connectivity index (χ1) is 18.5. The number of carbonyl (C=O) groups is 3. The molecular weight excluding hydrogens is 524 g/mol. The van der Waals surface area contributed by atoms with E-state index in [1.54, 1.807) is 10.7 Å². The van der Waals surface area contributed by atoms with Crippen molar-refractivity contribution in [3.05, 3.63) is 101 Å². The summed E-state index contributed by atoms with van der Waals surface area (Å²) in [5.41, 5.74) is 2.31. The number of ether oxygens (including phenoxy) is 1. The van der Waals surface area contributed by atoms with Gasteiger partial charge in [0.25, 0.3) is 11.8 Å². The van der Waals surface area contributed by atoms with Gasteiger partial charge in [-0.2, -0.15) is 5.10 Å². The van der Waals surface area contributed by atoms with Crippen molar-refractivity contribution in [3.8, 4) is 16.9 Å². The Labute approximate surface area is 226 Å². The van der Waals surface area contributed by atoms with Crippen LogP contribution in [-0.2, 0) is 14.3 Å². The first kappa shape index (κ1) is 25.2. The summed E-state index contributed by atoms with van der Waals surface area (Å²) in [4.78, 5) is 37.7. The van der Waals surface area contributed by atoms with E-state index in [0.29, 0.717) is 21.4 Å². The van der Waals surface area contributed by atoms with E-state index in [4.69, 9.17) is 16.3 Å². The smallest absolute Gasteiger partial charge is 0.325 e. The Morgan fingerprint density at radius 2 is 1.61 bits per heavy atom. The minimum absolute atomic E-state index is 0.307. The number of esters is 1. The van der Waals surface area contributed by atoms with E-state index < -0.39 is 30.9 Å². The van der Waals surface area contributed by atoms with Crippen LogP contribution in [0.2, 0.25) is 5.02 Å². The maximum Gasteiger partial charge on any atom is 0.325 e. The monoisotopic (exact) mass is 544 g/mol. The van der Waals surface area contributed by atoms with Crippen LogP contribution in [0, 0.1) is 0 Å². The highest BCUT2D eigenvalue weighted by Crippen LogP contribution is 2.35. The number of benzene rings is 3. The third-order valence-electron chi connectivity index (χ3n) is 5.55. The number of nitrogens with one attached hydrogen (secondary N) is 2. The Balaban J connectivity index is 1.20. The number of anilines is 1. The summed E-state index contributed by atoms with van der Waals surface area (Å²) in [6.45, 7) is -0.935. The van der Waals surface area contributed by atoms with E-state index in [0.717, 1.165) is 21.3 Å². The van der Waals surface area contributed by atoms with Crippen molar-refractivity contribution < 1.29 is 19.1 Å². The normalized spacial score (nSPS) is 10.8. The minimum Gasteiger partial charge on any atom is -0.454 e. The molecule has 2 amide bonds. The molecule has 5 rings (SSSR count). The predicted octanol–water partition coefficient (Wildman–Crippen LogP) is 5.32. The van der Waals surface area contributed by atoms with E-state index in [9.17, 15) is 14.4 Å². The highest BCUT2D eigenvalue weighted by molar-refractivity contribution is 7.21. The van der Waals surface area contributed by atoms with Crippen LogP contribution in [0.25, 0.3) is 27.0 Å². The Bertz CT molecular complexity index is 1620. The summed E-state index contributed by atoms with van der Waals surface area (Å²) >= 11 is 7.55. The number of hydrogen-bond donors (Lipinski definition) is 2. The van der Waals surface area contributed by atoms with E-state index >= 15 is 0 Å². The lowest BCUT2D eigenvalue weighted by Crippen LogP contribution is -2.32. The Hall–Kier alpha value is -4.47. The average molecular weight is 545 g/mol. The van der Waals surface area contributed by atoms with Gasteiger partial charge in [0.05, 0.1) is 16.4 Å². The third-order valence-corrected chi connectivity index (χ3v) is 7.22. The molecule has 2 heterocycles. The largest absolute Gasteiger partial charge is 0.454 e. The van der Waals surface area contributed by atoms with Gasteiger partial charge in [-0.25, -0.2) is 4.68 Å². The zero-order valence-electron chi connectivity index (χ0n) is 19.9. The van der Waals surface area contributed by atoms with Crippen molar-refractivity contribution in [2.75, 3.05) is 18.5 Å². The number of hydrogen-bond acceptors (Lipinski definition) is 6. The van der Waals surface area contributed by atoms with Crippen LogP contribution in [0.15, 0.2) is 91.0 Å². The molecule has 0 radical (unpaired) electrons. The molecule has 0 spiro atoms. The van der Waals surface area contributed by atoms with Crippen molar-refractivity contribution in [1.29, 1.82) is 0 Å². The quantitative estimate of drug-likeness (QED) is 0.257. The summed E-state index contributed by atoms with van der Waals surface area (Å²) in [5, 5.41) is 11.0. The number of nitrogens with zero attached hydrogens (tertiary/aromatic N) is 2. The fourth-order valence-corrected chi connectivity index (χ4v) is 5.19. The van der Waals surface area contributed by atoms with Crippen molar-refractivity contribution in [2.24, 2.45) is 0 Å².